The van der Waals surface area contributed by atoms with Crippen molar-refractivity contribution in [3.63, 3.8) is 0 Å². The molecule has 0 radical (unpaired) electrons. The average molecular weight is 258 g/mol. The van der Waals surface area contributed by atoms with Crippen LogP contribution in [0.25, 0.3) is 5.76 Å². The third-order valence-corrected chi connectivity index (χ3v) is 5.04. The second kappa shape index (κ2) is 5.03. The van der Waals surface area contributed by atoms with Gasteiger partial charge in [0.1, 0.15) is 5.76 Å². The first-order valence-corrected chi connectivity index (χ1v) is 7.41. The highest BCUT2D eigenvalue weighted by atomic mass is 16.3. The molecule has 0 amide bonds. The van der Waals surface area contributed by atoms with Gasteiger partial charge in [-0.3, -0.25) is 0 Å². The fraction of sp³-hybridized carbons (Fsp3) is 0.556. The molecule has 0 atom stereocenters. The number of benzene rings is 1. The Morgan fingerprint density at radius 1 is 1.21 bits per heavy atom. The van der Waals surface area contributed by atoms with Crippen LogP contribution in [0.4, 0.5) is 0 Å². The molecule has 1 aromatic rings. The van der Waals surface area contributed by atoms with Gasteiger partial charge in [-0.1, -0.05) is 46.4 Å². The molecule has 1 aromatic carbocycles. The third kappa shape index (κ3) is 2.20. The van der Waals surface area contributed by atoms with Gasteiger partial charge in [0.05, 0.1) is 0 Å². The van der Waals surface area contributed by atoms with Gasteiger partial charge in [0, 0.05) is 11.0 Å². The second-order valence-corrected chi connectivity index (χ2v) is 6.52. The Hall–Kier alpha value is -1.24. The van der Waals surface area contributed by atoms with E-state index in [-0.39, 0.29) is 11.2 Å². The summed E-state index contributed by atoms with van der Waals surface area (Å²) in [7, 11) is 0. The third-order valence-electron chi connectivity index (χ3n) is 5.04. The van der Waals surface area contributed by atoms with E-state index in [4.69, 9.17) is 0 Å². The topological polar surface area (TPSA) is 20.2 Å². The van der Waals surface area contributed by atoms with Gasteiger partial charge in [-0.15, -0.1) is 0 Å². The first kappa shape index (κ1) is 14.2. The van der Waals surface area contributed by atoms with E-state index in [1.165, 1.54) is 24.0 Å². The Balaban J connectivity index is 2.64. The van der Waals surface area contributed by atoms with Crippen molar-refractivity contribution in [1.29, 1.82) is 0 Å². The zero-order valence-corrected chi connectivity index (χ0v) is 12.7. The molecule has 0 heterocycles. The van der Waals surface area contributed by atoms with E-state index in [1.54, 1.807) is 0 Å². The highest BCUT2D eigenvalue weighted by Crippen LogP contribution is 2.48. The molecule has 0 unspecified atom stereocenters. The van der Waals surface area contributed by atoms with Gasteiger partial charge >= 0.3 is 0 Å². The fourth-order valence-corrected chi connectivity index (χ4v) is 3.98. The van der Waals surface area contributed by atoms with Gasteiger partial charge in [0.15, 0.2) is 0 Å². The van der Waals surface area contributed by atoms with Crippen molar-refractivity contribution < 1.29 is 5.11 Å². The summed E-state index contributed by atoms with van der Waals surface area (Å²) in [5.41, 5.74) is 4.00. The van der Waals surface area contributed by atoms with Crippen molar-refractivity contribution >= 4 is 5.76 Å². The van der Waals surface area contributed by atoms with E-state index in [0.29, 0.717) is 11.8 Å². The van der Waals surface area contributed by atoms with E-state index in [2.05, 4.69) is 46.4 Å². The summed E-state index contributed by atoms with van der Waals surface area (Å²) in [4.78, 5) is 0. The number of rotatable bonds is 3. The largest absolute Gasteiger partial charge is 0.508 e. The first-order chi connectivity index (χ1) is 8.89. The molecule has 1 N–H and O–H groups in total. The quantitative estimate of drug-likeness (QED) is 0.748. The Labute approximate surface area is 117 Å². The molecule has 0 aromatic heterocycles. The average Bonchev–Trinajstić information content (AvgIpc) is 2.36. The molecule has 0 fully saturated rings. The van der Waals surface area contributed by atoms with E-state index >= 15 is 0 Å². The smallest absolute Gasteiger partial charge is 0.115 e. The Morgan fingerprint density at radius 2 is 1.84 bits per heavy atom. The predicted octanol–water partition coefficient (Wildman–Crippen LogP) is 5.10. The SMILES string of the molecule is C=C(O)c1ccc2c(c1)C(C(C)C)(C(C)C)CCC2. The van der Waals surface area contributed by atoms with Crippen molar-refractivity contribution in [2.24, 2.45) is 11.8 Å². The molecule has 0 aliphatic heterocycles. The molecule has 1 nitrogen and oxygen atoms in total. The Kier molecular flexibility index (Phi) is 3.75. The zero-order valence-electron chi connectivity index (χ0n) is 12.7. The standard InChI is InChI=1S/C18H26O/c1-12(2)18(13(3)4)10-6-7-15-8-9-16(14(5)19)11-17(15)18/h8-9,11-13,19H,5-7,10H2,1-4H3. The van der Waals surface area contributed by atoms with Crippen LogP contribution in [0.15, 0.2) is 24.8 Å². The lowest BCUT2D eigenvalue weighted by Gasteiger charge is -2.46. The van der Waals surface area contributed by atoms with Crippen molar-refractivity contribution in [1.82, 2.24) is 0 Å². The highest BCUT2D eigenvalue weighted by molar-refractivity contribution is 5.59. The van der Waals surface area contributed by atoms with Gasteiger partial charge in [-0.2, -0.15) is 0 Å². The van der Waals surface area contributed by atoms with Gasteiger partial charge in [-0.25, -0.2) is 0 Å². The minimum absolute atomic E-state index is 0.176. The second-order valence-electron chi connectivity index (χ2n) is 6.52. The summed E-state index contributed by atoms with van der Waals surface area (Å²) in [5, 5.41) is 9.68. The molecular formula is C18H26O. The first-order valence-electron chi connectivity index (χ1n) is 7.41. The predicted molar refractivity (Wildman–Crippen MR) is 82.4 cm³/mol. The molecule has 1 aliphatic rings. The number of aliphatic hydroxyl groups is 1. The molecule has 0 bridgehead atoms. The van der Waals surface area contributed by atoms with Crippen molar-refractivity contribution in [2.45, 2.75) is 52.4 Å². The lowest BCUT2D eigenvalue weighted by Crippen LogP contribution is -2.41. The summed E-state index contributed by atoms with van der Waals surface area (Å²) < 4.78 is 0. The van der Waals surface area contributed by atoms with Crippen LogP contribution >= 0.6 is 0 Å². The lowest BCUT2D eigenvalue weighted by atomic mass is 9.58. The molecular weight excluding hydrogens is 232 g/mol. The number of hydrogen-bond acceptors (Lipinski definition) is 1. The number of aryl methyl sites for hydroxylation is 1. The fourth-order valence-electron chi connectivity index (χ4n) is 3.98. The normalized spacial score (nSPS) is 17.6. The summed E-state index contributed by atoms with van der Waals surface area (Å²) in [5.74, 6) is 1.39. The zero-order chi connectivity index (χ0) is 14.2. The Morgan fingerprint density at radius 3 is 2.37 bits per heavy atom. The van der Waals surface area contributed by atoms with Crippen LogP contribution in [-0.4, -0.2) is 5.11 Å². The van der Waals surface area contributed by atoms with Crippen LogP contribution in [0.3, 0.4) is 0 Å². The van der Waals surface area contributed by atoms with Crippen LogP contribution in [0.5, 0.6) is 0 Å². The van der Waals surface area contributed by atoms with E-state index in [0.717, 1.165) is 12.0 Å². The number of hydrogen-bond donors (Lipinski definition) is 1. The summed E-state index contributed by atoms with van der Waals surface area (Å²) in [6.45, 7) is 13.0. The summed E-state index contributed by atoms with van der Waals surface area (Å²) in [6.07, 6.45) is 3.67. The molecule has 0 saturated carbocycles. The molecule has 19 heavy (non-hydrogen) atoms. The molecule has 0 saturated heterocycles. The minimum Gasteiger partial charge on any atom is -0.508 e. The van der Waals surface area contributed by atoms with Gasteiger partial charge in [-0.05, 0) is 48.3 Å². The van der Waals surface area contributed by atoms with Crippen molar-refractivity contribution in [3.05, 3.63) is 41.5 Å². The summed E-state index contributed by atoms with van der Waals surface area (Å²) >= 11 is 0. The van der Waals surface area contributed by atoms with Gasteiger partial charge in [0.2, 0.25) is 0 Å². The lowest BCUT2D eigenvalue weighted by molar-refractivity contribution is 0.186. The minimum atomic E-state index is 0.176. The van der Waals surface area contributed by atoms with Crippen LogP contribution in [0.1, 0.15) is 57.2 Å². The van der Waals surface area contributed by atoms with Crippen molar-refractivity contribution in [3.8, 4) is 0 Å². The molecule has 1 aliphatic carbocycles. The van der Waals surface area contributed by atoms with Gasteiger partial charge in [0.25, 0.3) is 0 Å². The Bertz CT molecular complexity index is 474. The summed E-state index contributed by atoms with van der Waals surface area (Å²) in [6, 6.07) is 6.36. The van der Waals surface area contributed by atoms with E-state index < -0.39 is 0 Å². The van der Waals surface area contributed by atoms with E-state index in [9.17, 15) is 5.11 Å². The molecule has 1 heteroatoms. The highest BCUT2D eigenvalue weighted by Gasteiger charge is 2.41. The maximum Gasteiger partial charge on any atom is 0.115 e. The van der Waals surface area contributed by atoms with Crippen molar-refractivity contribution in [2.75, 3.05) is 0 Å². The van der Waals surface area contributed by atoms with E-state index in [1.807, 2.05) is 6.07 Å². The number of aliphatic hydroxyl groups excluding tert-OH is 1. The van der Waals surface area contributed by atoms with Crippen LogP contribution in [0.2, 0.25) is 0 Å². The van der Waals surface area contributed by atoms with Crippen LogP contribution in [-0.2, 0) is 11.8 Å². The maximum absolute atomic E-state index is 9.68. The maximum atomic E-state index is 9.68. The van der Waals surface area contributed by atoms with Crippen LogP contribution in [0, 0.1) is 11.8 Å². The molecule has 0 spiro atoms. The molecule has 104 valence electrons. The monoisotopic (exact) mass is 258 g/mol. The molecule has 2 rings (SSSR count). The number of fused-ring (bicyclic) bond motifs is 1. The van der Waals surface area contributed by atoms with Gasteiger partial charge < -0.3 is 5.11 Å². The van der Waals surface area contributed by atoms with Crippen LogP contribution < -0.4 is 0 Å².